The number of nitrogens with zero attached hydrogens (tertiary/aromatic N) is 1. The molecule has 80 valence electrons. The number of carbonyl (C=O) groups excluding carboxylic acids is 1. The summed E-state index contributed by atoms with van der Waals surface area (Å²) in [4.78, 5) is 22.8. The van der Waals surface area contributed by atoms with Crippen LogP contribution >= 0.6 is 11.4 Å². The summed E-state index contributed by atoms with van der Waals surface area (Å²) in [6.45, 7) is 1.87. The Balaban J connectivity index is 2.58. The second kappa shape index (κ2) is 4.99. The molecule has 0 bridgehead atoms. The van der Waals surface area contributed by atoms with Crippen molar-refractivity contribution >= 4 is 28.8 Å². The van der Waals surface area contributed by atoms with Gasteiger partial charge in [-0.05, 0) is 5.75 Å². The predicted octanol–water partition coefficient (Wildman–Crippen LogP) is 0.527. The van der Waals surface area contributed by atoms with Crippen molar-refractivity contribution in [1.82, 2.24) is 4.90 Å². The van der Waals surface area contributed by atoms with Crippen LogP contribution in [0.1, 0.15) is 13.3 Å². The SMILES string of the molecule is CC[SH]=CC[C@H]1C(=O)OCN1C(=O)O. The molecule has 0 aromatic rings. The van der Waals surface area contributed by atoms with Gasteiger partial charge in [0.2, 0.25) is 0 Å². The summed E-state index contributed by atoms with van der Waals surface area (Å²) in [5.74, 6) is 0.518. The van der Waals surface area contributed by atoms with Crippen LogP contribution in [0.3, 0.4) is 0 Å². The molecular formula is C8H13NO4S. The van der Waals surface area contributed by atoms with Crippen LogP contribution < -0.4 is 0 Å². The van der Waals surface area contributed by atoms with Gasteiger partial charge in [0.25, 0.3) is 0 Å². The zero-order valence-corrected chi connectivity index (χ0v) is 8.74. The third-order valence-electron chi connectivity index (χ3n) is 1.88. The summed E-state index contributed by atoms with van der Waals surface area (Å²) in [6, 6.07) is -0.647. The first-order valence-electron chi connectivity index (χ1n) is 4.31. The van der Waals surface area contributed by atoms with Crippen LogP contribution in [0.4, 0.5) is 4.79 Å². The van der Waals surface area contributed by atoms with Crippen LogP contribution in [0, 0.1) is 0 Å². The molecule has 1 rings (SSSR count). The van der Waals surface area contributed by atoms with Gasteiger partial charge in [-0.2, -0.15) is 0 Å². The first-order chi connectivity index (χ1) is 6.66. The number of cyclic esters (lactones) is 1. The average molecular weight is 219 g/mol. The standard InChI is InChI=1S/C8H13NO4S/c1-2-14-4-3-6-7(10)13-5-9(6)8(11)12/h4,6,14H,2-3,5H2,1H3,(H,11,12)/t6-/m0/s1. The Kier molecular flexibility index (Phi) is 3.94. The molecule has 1 heterocycles. The van der Waals surface area contributed by atoms with Crippen molar-refractivity contribution in [3.8, 4) is 0 Å². The number of hydrogen-bond acceptors (Lipinski definition) is 3. The average Bonchev–Trinajstić information content (AvgIpc) is 2.48. The van der Waals surface area contributed by atoms with Crippen LogP contribution in [0.5, 0.6) is 0 Å². The van der Waals surface area contributed by atoms with Gasteiger partial charge in [0.1, 0.15) is 6.04 Å². The number of esters is 1. The van der Waals surface area contributed by atoms with Gasteiger partial charge in [-0.15, -0.1) is 0 Å². The number of amides is 1. The summed E-state index contributed by atoms with van der Waals surface area (Å²) >= 11 is 1.11. The summed E-state index contributed by atoms with van der Waals surface area (Å²) in [5, 5.41) is 10.6. The van der Waals surface area contributed by atoms with Gasteiger partial charge >= 0.3 is 12.1 Å². The number of carboxylic acid groups (broad SMARTS) is 1. The van der Waals surface area contributed by atoms with Crippen LogP contribution in [0.25, 0.3) is 0 Å². The van der Waals surface area contributed by atoms with E-state index in [9.17, 15) is 9.59 Å². The maximum absolute atomic E-state index is 11.1. The fraction of sp³-hybridized carbons (Fsp3) is 0.625. The van der Waals surface area contributed by atoms with E-state index in [1.807, 2.05) is 12.3 Å². The number of thiol groups is 1. The van der Waals surface area contributed by atoms with Gasteiger partial charge in [-0.1, -0.05) is 12.3 Å². The third kappa shape index (κ3) is 2.47. The van der Waals surface area contributed by atoms with Crippen LogP contribution in [-0.2, 0) is 9.53 Å². The van der Waals surface area contributed by atoms with Crippen LogP contribution in [0.15, 0.2) is 0 Å². The van der Waals surface area contributed by atoms with Crippen molar-refractivity contribution in [3.63, 3.8) is 0 Å². The Morgan fingerprint density at radius 3 is 3.14 bits per heavy atom. The van der Waals surface area contributed by atoms with Crippen LogP contribution in [0.2, 0.25) is 0 Å². The summed E-state index contributed by atoms with van der Waals surface area (Å²) < 4.78 is 4.65. The zero-order chi connectivity index (χ0) is 10.6. The molecule has 0 spiro atoms. The number of ether oxygens (including phenoxy) is 1. The molecule has 1 atom stereocenters. The minimum absolute atomic E-state index is 0.143. The molecule has 0 saturated carbocycles. The number of hydrogen-bond donors (Lipinski definition) is 2. The van der Waals surface area contributed by atoms with E-state index in [0.29, 0.717) is 6.42 Å². The molecule has 1 aliphatic rings. The Labute approximate surface area is 85.6 Å². The van der Waals surface area contributed by atoms with E-state index >= 15 is 0 Å². The Morgan fingerprint density at radius 1 is 1.86 bits per heavy atom. The quantitative estimate of drug-likeness (QED) is 0.413. The first-order valence-corrected chi connectivity index (χ1v) is 5.46. The number of carbonyl (C=O) groups is 2. The van der Waals surface area contributed by atoms with Gasteiger partial charge in [0, 0.05) is 6.42 Å². The molecule has 0 radical (unpaired) electrons. The second-order valence-electron chi connectivity index (χ2n) is 2.78. The molecule has 6 heteroatoms. The summed E-state index contributed by atoms with van der Waals surface area (Å²) in [5.41, 5.74) is 0. The van der Waals surface area contributed by atoms with Gasteiger partial charge < -0.3 is 9.84 Å². The van der Waals surface area contributed by atoms with E-state index in [2.05, 4.69) is 4.74 Å². The molecule has 0 aliphatic carbocycles. The van der Waals surface area contributed by atoms with Crippen molar-refractivity contribution in [2.24, 2.45) is 0 Å². The minimum Gasteiger partial charge on any atom is -0.465 e. The van der Waals surface area contributed by atoms with Gasteiger partial charge in [0.15, 0.2) is 6.73 Å². The summed E-state index contributed by atoms with van der Waals surface area (Å²) in [6.07, 6.45) is -0.678. The van der Waals surface area contributed by atoms with Crippen molar-refractivity contribution in [2.45, 2.75) is 19.4 Å². The van der Waals surface area contributed by atoms with Crippen molar-refractivity contribution in [2.75, 3.05) is 12.5 Å². The van der Waals surface area contributed by atoms with E-state index in [-0.39, 0.29) is 6.73 Å². The molecule has 1 saturated heterocycles. The maximum atomic E-state index is 11.1. The highest BCUT2D eigenvalue weighted by molar-refractivity contribution is 7.97. The largest absolute Gasteiger partial charge is 0.465 e. The fourth-order valence-electron chi connectivity index (χ4n) is 1.16. The first kappa shape index (κ1) is 11.0. The molecule has 0 unspecified atom stereocenters. The lowest BCUT2D eigenvalue weighted by Crippen LogP contribution is -2.37. The highest BCUT2D eigenvalue weighted by Gasteiger charge is 2.36. The van der Waals surface area contributed by atoms with E-state index < -0.39 is 18.1 Å². The topological polar surface area (TPSA) is 66.8 Å². The molecule has 5 nitrogen and oxygen atoms in total. The number of rotatable bonds is 3. The van der Waals surface area contributed by atoms with E-state index in [1.54, 1.807) is 0 Å². The minimum atomic E-state index is -1.11. The highest BCUT2D eigenvalue weighted by Crippen LogP contribution is 2.14. The Morgan fingerprint density at radius 2 is 2.57 bits per heavy atom. The third-order valence-corrected chi connectivity index (χ3v) is 2.71. The lowest BCUT2D eigenvalue weighted by molar-refractivity contribution is -0.138. The fourth-order valence-corrected chi connectivity index (χ4v) is 1.77. The normalized spacial score (nSPS) is 22.2. The van der Waals surface area contributed by atoms with E-state index in [0.717, 1.165) is 22.0 Å². The molecule has 1 N–H and O–H groups in total. The molecule has 1 amide bonds. The van der Waals surface area contributed by atoms with Crippen molar-refractivity contribution < 1.29 is 19.4 Å². The van der Waals surface area contributed by atoms with Crippen LogP contribution in [-0.4, -0.2) is 46.0 Å². The smallest absolute Gasteiger partial charge is 0.410 e. The Bertz CT molecular complexity index is 266. The van der Waals surface area contributed by atoms with Gasteiger partial charge in [0.05, 0.1) is 0 Å². The Hall–Kier alpha value is -1.04. The molecule has 1 fully saturated rings. The van der Waals surface area contributed by atoms with Gasteiger partial charge in [-0.25, -0.2) is 20.9 Å². The molecule has 0 aromatic carbocycles. The van der Waals surface area contributed by atoms with Crippen molar-refractivity contribution in [1.29, 1.82) is 0 Å². The second-order valence-corrected chi connectivity index (χ2v) is 4.14. The lowest BCUT2D eigenvalue weighted by atomic mass is 10.2. The van der Waals surface area contributed by atoms with E-state index in [1.165, 1.54) is 0 Å². The van der Waals surface area contributed by atoms with Crippen molar-refractivity contribution in [3.05, 3.63) is 0 Å². The maximum Gasteiger partial charge on any atom is 0.410 e. The molecule has 14 heavy (non-hydrogen) atoms. The van der Waals surface area contributed by atoms with E-state index in [4.69, 9.17) is 5.11 Å². The summed E-state index contributed by atoms with van der Waals surface area (Å²) in [7, 11) is 0. The molecule has 0 aromatic heterocycles. The predicted molar refractivity (Wildman–Crippen MR) is 54.8 cm³/mol. The van der Waals surface area contributed by atoms with Gasteiger partial charge in [-0.3, -0.25) is 4.90 Å². The molecule has 1 aliphatic heterocycles. The molecular weight excluding hydrogens is 206 g/mol. The zero-order valence-electron chi connectivity index (χ0n) is 7.84. The monoisotopic (exact) mass is 219 g/mol. The highest BCUT2D eigenvalue weighted by atomic mass is 32.1. The lowest BCUT2D eigenvalue weighted by Gasteiger charge is -2.14.